The molecule has 1 saturated heterocycles. The Morgan fingerprint density at radius 1 is 1.12 bits per heavy atom. The van der Waals surface area contributed by atoms with Gasteiger partial charge in [-0.1, -0.05) is 11.3 Å². The fourth-order valence-corrected chi connectivity index (χ4v) is 5.98. The smallest absolute Gasteiger partial charge is 0.328 e. The topological polar surface area (TPSA) is 108 Å². The summed E-state index contributed by atoms with van der Waals surface area (Å²) in [5, 5.41) is 3.21. The van der Waals surface area contributed by atoms with Gasteiger partial charge in [0.1, 0.15) is 0 Å². The van der Waals surface area contributed by atoms with Crippen molar-refractivity contribution in [1.82, 2.24) is 14.7 Å². The molecule has 1 aliphatic rings. The minimum atomic E-state index is -3.68. The quantitative estimate of drug-likeness (QED) is 0.528. The van der Waals surface area contributed by atoms with Crippen LogP contribution in [0.3, 0.4) is 0 Å². The Labute approximate surface area is 197 Å². The first-order valence-electron chi connectivity index (χ1n) is 10.6. The first kappa shape index (κ1) is 23.1. The van der Waals surface area contributed by atoms with Gasteiger partial charge in [-0.2, -0.15) is 0 Å². The van der Waals surface area contributed by atoms with Crippen molar-refractivity contribution in [2.45, 2.75) is 30.5 Å². The van der Waals surface area contributed by atoms with Crippen molar-refractivity contribution in [3.8, 4) is 0 Å². The van der Waals surface area contributed by atoms with E-state index in [9.17, 15) is 13.2 Å². The number of amides is 2. The molecule has 1 aliphatic heterocycles. The summed E-state index contributed by atoms with van der Waals surface area (Å²) in [6, 6.07) is 11.0. The normalized spacial score (nSPS) is 13.8. The number of thiazole rings is 1. The standard InChI is InChI=1S/C22H26N6O3S2/c1-16-20(33(30,31)23-2)32-22(25-16)28(15-17-9-11-24-12-10-17)21(29)26-18-5-7-19(8-6-18)27-13-3-4-14-27/h5-12,23H,3-4,13-15H2,1-2H3,(H,26,29). The molecular weight excluding hydrogens is 460 g/mol. The molecule has 33 heavy (non-hydrogen) atoms. The van der Waals surface area contributed by atoms with Crippen LogP contribution in [-0.4, -0.2) is 44.6 Å². The molecule has 3 aromatic rings. The molecule has 2 aromatic heterocycles. The number of carbonyl (C=O) groups is 1. The molecule has 4 rings (SSSR count). The molecule has 0 aliphatic carbocycles. The summed E-state index contributed by atoms with van der Waals surface area (Å²) in [6.45, 7) is 3.93. The number of nitrogens with one attached hydrogen (secondary N) is 2. The van der Waals surface area contributed by atoms with Crippen LogP contribution >= 0.6 is 11.3 Å². The number of rotatable bonds is 7. The van der Waals surface area contributed by atoms with Gasteiger partial charge in [-0.05, 0) is 68.8 Å². The third kappa shape index (κ3) is 5.32. The van der Waals surface area contributed by atoms with E-state index in [4.69, 9.17) is 0 Å². The van der Waals surface area contributed by atoms with E-state index in [-0.39, 0.29) is 10.8 Å². The maximum Gasteiger partial charge on any atom is 0.328 e. The number of urea groups is 1. The van der Waals surface area contributed by atoms with Gasteiger partial charge in [-0.3, -0.25) is 9.88 Å². The molecule has 0 atom stereocenters. The fraction of sp³-hybridized carbons (Fsp3) is 0.318. The molecule has 0 unspecified atom stereocenters. The highest BCUT2D eigenvalue weighted by atomic mass is 32.2. The van der Waals surface area contributed by atoms with Crippen LogP contribution in [0.2, 0.25) is 0 Å². The van der Waals surface area contributed by atoms with Crippen LogP contribution in [0.4, 0.5) is 21.3 Å². The van der Waals surface area contributed by atoms with Crippen molar-refractivity contribution < 1.29 is 13.2 Å². The largest absolute Gasteiger partial charge is 0.372 e. The number of anilines is 3. The lowest BCUT2D eigenvalue weighted by Gasteiger charge is -2.21. The average Bonchev–Trinajstić information content (AvgIpc) is 3.49. The first-order valence-corrected chi connectivity index (χ1v) is 12.9. The van der Waals surface area contributed by atoms with E-state index in [1.807, 2.05) is 24.3 Å². The fourth-order valence-electron chi connectivity index (χ4n) is 3.65. The number of pyridine rings is 1. The maximum atomic E-state index is 13.3. The molecule has 0 spiro atoms. The minimum Gasteiger partial charge on any atom is -0.372 e. The summed E-state index contributed by atoms with van der Waals surface area (Å²) in [6.07, 6.45) is 5.68. The summed E-state index contributed by atoms with van der Waals surface area (Å²) in [5.41, 5.74) is 2.97. The summed E-state index contributed by atoms with van der Waals surface area (Å²) >= 11 is 0.958. The Morgan fingerprint density at radius 3 is 2.42 bits per heavy atom. The molecule has 1 fully saturated rings. The lowest BCUT2D eigenvalue weighted by atomic mass is 10.2. The number of aromatic nitrogens is 2. The molecule has 2 amide bonds. The van der Waals surface area contributed by atoms with Crippen LogP contribution in [0.1, 0.15) is 24.1 Å². The summed E-state index contributed by atoms with van der Waals surface area (Å²) in [5.74, 6) is 0. The SMILES string of the molecule is CNS(=O)(=O)c1sc(N(Cc2ccncc2)C(=O)Nc2ccc(N3CCCC3)cc2)nc1C. The molecule has 9 nitrogen and oxygen atoms in total. The number of carbonyl (C=O) groups excluding carboxylic acids is 1. The van der Waals surface area contributed by atoms with Crippen LogP contribution < -0.4 is 19.8 Å². The highest BCUT2D eigenvalue weighted by Gasteiger charge is 2.26. The first-order chi connectivity index (χ1) is 15.9. The van der Waals surface area contributed by atoms with Crippen molar-refractivity contribution in [3.05, 3.63) is 60.0 Å². The van der Waals surface area contributed by atoms with E-state index < -0.39 is 16.1 Å². The van der Waals surface area contributed by atoms with E-state index in [1.165, 1.54) is 24.8 Å². The average molecular weight is 487 g/mol. The predicted octanol–water partition coefficient (Wildman–Crippen LogP) is 3.59. The third-order valence-electron chi connectivity index (χ3n) is 5.41. The van der Waals surface area contributed by atoms with Crippen molar-refractivity contribution >= 4 is 43.9 Å². The van der Waals surface area contributed by atoms with Crippen molar-refractivity contribution in [3.63, 3.8) is 0 Å². The number of hydrogen-bond acceptors (Lipinski definition) is 7. The van der Waals surface area contributed by atoms with Gasteiger partial charge >= 0.3 is 6.03 Å². The Bertz CT molecular complexity index is 1210. The predicted molar refractivity (Wildman–Crippen MR) is 130 cm³/mol. The second-order valence-electron chi connectivity index (χ2n) is 7.69. The summed E-state index contributed by atoms with van der Waals surface area (Å²) < 4.78 is 27.1. The van der Waals surface area contributed by atoms with Crippen LogP contribution in [0.25, 0.3) is 0 Å². The molecule has 0 radical (unpaired) electrons. The zero-order valence-corrected chi connectivity index (χ0v) is 20.1. The van der Waals surface area contributed by atoms with Gasteiger partial charge in [0.15, 0.2) is 9.34 Å². The van der Waals surface area contributed by atoms with E-state index in [2.05, 4.69) is 24.9 Å². The van der Waals surface area contributed by atoms with Crippen LogP contribution in [0, 0.1) is 6.92 Å². The lowest BCUT2D eigenvalue weighted by Crippen LogP contribution is -2.34. The number of hydrogen-bond donors (Lipinski definition) is 2. The second-order valence-corrected chi connectivity index (χ2v) is 10.7. The van der Waals surface area contributed by atoms with Gasteiger partial charge in [0, 0.05) is 36.9 Å². The number of benzene rings is 1. The molecule has 174 valence electrons. The summed E-state index contributed by atoms with van der Waals surface area (Å²) in [7, 11) is -2.33. The lowest BCUT2D eigenvalue weighted by molar-refractivity contribution is 0.256. The Hall–Kier alpha value is -3.02. The highest BCUT2D eigenvalue weighted by Crippen LogP contribution is 2.31. The minimum absolute atomic E-state index is 0.0856. The van der Waals surface area contributed by atoms with E-state index in [0.29, 0.717) is 16.5 Å². The van der Waals surface area contributed by atoms with E-state index >= 15 is 0 Å². The van der Waals surface area contributed by atoms with Crippen LogP contribution in [0.5, 0.6) is 0 Å². The Kier molecular flexibility index (Phi) is 6.91. The third-order valence-corrected chi connectivity index (χ3v) is 8.62. The molecule has 1 aromatic carbocycles. The van der Waals surface area contributed by atoms with Crippen LogP contribution in [-0.2, 0) is 16.6 Å². The van der Waals surface area contributed by atoms with E-state index in [1.54, 1.807) is 31.5 Å². The van der Waals surface area contributed by atoms with Gasteiger partial charge in [0.05, 0.1) is 12.2 Å². The maximum absolute atomic E-state index is 13.3. The Morgan fingerprint density at radius 2 is 1.79 bits per heavy atom. The monoisotopic (exact) mass is 486 g/mol. The molecule has 2 N–H and O–H groups in total. The zero-order valence-electron chi connectivity index (χ0n) is 18.5. The Balaban J connectivity index is 1.59. The zero-order chi connectivity index (χ0) is 23.4. The molecule has 0 bridgehead atoms. The molecular formula is C22H26N6O3S2. The van der Waals surface area contributed by atoms with Crippen molar-refractivity contribution in [2.24, 2.45) is 0 Å². The molecule has 3 heterocycles. The van der Waals surface area contributed by atoms with Crippen molar-refractivity contribution in [1.29, 1.82) is 0 Å². The van der Waals surface area contributed by atoms with Gasteiger partial charge in [-0.15, -0.1) is 0 Å². The van der Waals surface area contributed by atoms with Gasteiger partial charge in [-0.25, -0.2) is 22.9 Å². The number of sulfonamides is 1. The summed E-state index contributed by atoms with van der Waals surface area (Å²) in [4.78, 5) is 25.5. The van der Waals surface area contributed by atoms with Crippen LogP contribution in [0.15, 0.2) is 53.0 Å². The second kappa shape index (κ2) is 9.86. The molecule has 11 heteroatoms. The van der Waals surface area contributed by atoms with Gasteiger partial charge < -0.3 is 10.2 Å². The van der Waals surface area contributed by atoms with E-state index in [0.717, 1.165) is 35.7 Å². The van der Waals surface area contributed by atoms with Gasteiger partial charge in [0.25, 0.3) is 10.0 Å². The molecule has 0 saturated carbocycles. The number of aryl methyl sites for hydroxylation is 1. The highest BCUT2D eigenvalue weighted by molar-refractivity contribution is 7.91. The van der Waals surface area contributed by atoms with Crippen molar-refractivity contribution in [2.75, 3.05) is 35.3 Å². The number of nitrogens with zero attached hydrogens (tertiary/aromatic N) is 4. The van der Waals surface area contributed by atoms with Gasteiger partial charge in [0.2, 0.25) is 0 Å².